The molecule has 1 fully saturated rings. The largest absolute Gasteiger partial charge is 0.489 e. The highest BCUT2D eigenvalue weighted by Gasteiger charge is 2.30. The number of hydrogen-bond donors (Lipinski definition) is 3. The van der Waals surface area contributed by atoms with E-state index in [1.807, 2.05) is 6.92 Å². The molecule has 0 spiro atoms. The van der Waals surface area contributed by atoms with Crippen molar-refractivity contribution in [2.24, 2.45) is 0 Å². The van der Waals surface area contributed by atoms with Gasteiger partial charge in [0.2, 0.25) is 0 Å². The highest BCUT2D eigenvalue weighted by molar-refractivity contribution is 6.05. The number of alkyl halides is 2. The maximum Gasteiger partial charge on any atom is 0.394 e. The molecule has 1 aromatic heterocycles. The predicted octanol–water partition coefficient (Wildman–Crippen LogP) is 4.50. The first kappa shape index (κ1) is 20.0. The Labute approximate surface area is 162 Å². The summed E-state index contributed by atoms with van der Waals surface area (Å²) >= 11 is 0. The van der Waals surface area contributed by atoms with E-state index >= 15 is 0 Å². The summed E-state index contributed by atoms with van der Waals surface area (Å²) in [7, 11) is 0. The molecule has 3 N–H and O–H groups in total. The molecule has 150 valence electrons. The molecule has 2 aromatic rings. The van der Waals surface area contributed by atoms with Crippen molar-refractivity contribution in [2.75, 3.05) is 5.32 Å². The van der Waals surface area contributed by atoms with E-state index in [0.717, 1.165) is 0 Å². The van der Waals surface area contributed by atoms with Gasteiger partial charge in [0, 0.05) is 37.4 Å². The van der Waals surface area contributed by atoms with E-state index < -0.39 is 6.11 Å². The number of nitrogens with one attached hydrogen (secondary N) is 2. The number of nitrogens with zero attached hydrogens (tertiary/aromatic N) is 1. The molecule has 0 amide bonds. The van der Waals surface area contributed by atoms with Crippen molar-refractivity contribution >= 4 is 17.2 Å². The number of pyridine rings is 1. The quantitative estimate of drug-likeness (QED) is 0.577. The van der Waals surface area contributed by atoms with Crippen LogP contribution in [0.15, 0.2) is 36.5 Å². The molecule has 6 nitrogen and oxygen atoms in total. The lowest BCUT2D eigenvalue weighted by atomic mass is 9.92. The van der Waals surface area contributed by atoms with Crippen LogP contribution in [0.1, 0.15) is 38.7 Å². The van der Waals surface area contributed by atoms with Crippen LogP contribution in [0.25, 0.3) is 0 Å². The standard InChI is InChI=1S/C20H23F2N3O3/c1-3-16(23)18-17(27-15-10-13(26)11-15)8-9-24-19(18)25-12-4-6-14(7-5-12)28-20(2,21)22/h4-9,13,15,23,26H,3,10-11H2,1-2H3,(H,24,25). The fourth-order valence-corrected chi connectivity index (χ4v) is 2.87. The van der Waals surface area contributed by atoms with Crippen molar-refractivity contribution in [1.82, 2.24) is 4.98 Å². The number of aliphatic hydroxyl groups excluding tert-OH is 1. The molecule has 1 aromatic carbocycles. The van der Waals surface area contributed by atoms with Gasteiger partial charge in [0.25, 0.3) is 0 Å². The van der Waals surface area contributed by atoms with E-state index in [1.165, 1.54) is 12.1 Å². The highest BCUT2D eigenvalue weighted by Crippen LogP contribution is 2.33. The molecule has 1 aliphatic carbocycles. The predicted molar refractivity (Wildman–Crippen MR) is 102 cm³/mol. The molecular weight excluding hydrogens is 368 g/mol. The van der Waals surface area contributed by atoms with Crippen molar-refractivity contribution in [3.05, 3.63) is 42.1 Å². The molecule has 1 saturated carbocycles. The highest BCUT2D eigenvalue weighted by atomic mass is 19.3. The molecular formula is C20H23F2N3O3. The van der Waals surface area contributed by atoms with E-state index in [-0.39, 0.29) is 18.0 Å². The molecule has 0 atom stereocenters. The average Bonchev–Trinajstić information content (AvgIpc) is 2.60. The van der Waals surface area contributed by atoms with E-state index in [2.05, 4.69) is 15.0 Å². The number of aromatic nitrogens is 1. The SMILES string of the molecule is CCC(=N)c1c(OC2CC(O)C2)ccnc1Nc1ccc(OC(C)(F)F)cc1. The number of benzene rings is 1. The van der Waals surface area contributed by atoms with Crippen molar-refractivity contribution in [3.63, 3.8) is 0 Å². The summed E-state index contributed by atoms with van der Waals surface area (Å²) in [6.07, 6.45) is -0.478. The Bertz CT molecular complexity index is 832. The first-order chi connectivity index (χ1) is 13.2. The van der Waals surface area contributed by atoms with Crippen LogP contribution in [0.2, 0.25) is 0 Å². The maximum absolute atomic E-state index is 12.9. The molecule has 8 heteroatoms. The lowest BCUT2D eigenvalue weighted by Gasteiger charge is -2.32. The van der Waals surface area contributed by atoms with Crippen LogP contribution in [0.3, 0.4) is 0 Å². The molecule has 3 rings (SSSR count). The van der Waals surface area contributed by atoms with Gasteiger partial charge in [-0.3, -0.25) is 0 Å². The van der Waals surface area contributed by atoms with Gasteiger partial charge in [0.15, 0.2) is 0 Å². The zero-order valence-corrected chi connectivity index (χ0v) is 15.7. The third-order valence-electron chi connectivity index (χ3n) is 4.35. The zero-order valence-electron chi connectivity index (χ0n) is 15.7. The van der Waals surface area contributed by atoms with Crippen molar-refractivity contribution in [2.45, 2.75) is 51.4 Å². The van der Waals surface area contributed by atoms with E-state index in [1.54, 1.807) is 24.4 Å². The van der Waals surface area contributed by atoms with E-state index in [0.29, 0.717) is 54.7 Å². The Kier molecular flexibility index (Phi) is 5.79. The van der Waals surface area contributed by atoms with Crippen molar-refractivity contribution < 1.29 is 23.4 Å². The number of ether oxygens (including phenoxy) is 2. The third-order valence-corrected chi connectivity index (χ3v) is 4.35. The molecule has 0 unspecified atom stereocenters. The maximum atomic E-state index is 12.9. The summed E-state index contributed by atoms with van der Waals surface area (Å²) in [5.41, 5.74) is 1.52. The molecule has 0 radical (unpaired) electrons. The topological polar surface area (TPSA) is 87.5 Å². The first-order valence-corrected chi connectivity index (χ1v) is 9.10. The number of aliphatic hydroxyl groups is 1. The molecule has 1 aliphatic rings. The number of halogens is 2. The van der Waals surface area contributed by atoms with Gasteiger partial charge in [-0.2, -0.15) is 8.78 Å². The van der Waals surface area contributed by atoms with E-state index in [9.17, 15) is 13.9 Å². The van der Waals surface area contributed by atoms with Crippen LogP contribution in [0.4, 0.5) is 20.3 Å². The van der Waals surface area contributed by atoms with Crippen LogP contribution in [0.5, 0.6) is 11.5 Å². The Balaban J connectivity index is 1.81. The third kappa shape index (κ3) is 4.95. The van der Waals surface area contributed by atoms with Gasteiger partial charge < -0.3 is 25.3 Å². The van der Waals surface area contributed by atoms with Crippen LogP contribution in [0, 0.1) is 5.41 Å². The van der Waals surface area contributed by atoms with Crippen molar-refractivity contribution in [1.29, 1.82) is 5.41 Å². The molecule has 0 saturated heterocycles. The monoisotopic (exact) mass is 391 g/mol. The van der Waals surface area contributed by atoms with Crippen molar-refractivity contribution in [3.8, 4) is 11.5 Å². The number of rotatable bonds is 8. The molecule has 0 aliphatic heterocycles. The Morgan fingerprint density at radius 3 is 2.54 bits per heavy atom. The zero-order chi connectivity index (χ0) is 20.3. The van der Waals surface area contributed by atoms with Gasteiger partial charge in [-0.1, -0.05) is 6.92 Å². The first-order valence-electron chi connectivity index (χ1n) is 9.10. The minimum atomic E-state index is -3.25. The van der Waals surface area contributed by atoms with Gasteiger partial charge in [-0.05, 0) is 36.8 Å². The Morgan fingerprint density at radius 1 is 1.29 bits per heavy atom. The minimum Gasteiger partial charge on any atom is -0.489 e. The van der Waals surface area contributed by atoms with Crippen LogP contribution in [-0.2, 0) is 0 Å². The fourth-order valence-electron chi connectivity index (χ4n) is 2.87. The lowest BCUT2D eigenvalue weighted by Crippen LogP contribution is -2.37. The fraction of sp³-hybridized carbons (Fsp3) is 0.400. The normalized spacial score (nSPS) is 18.9. The van der Waals surface area contributed by atoms with Gasteiger partial charge in [0.1, 0.15) is 23.4 Å². The average molecular weight is 391 g/mol. The van der Waals surface area contributed by atoms with Crippen LogP contribution >= 0.6 is 0 Å². The minimum absolute atomic E-state index is 0.0492. The second-order valence-corrected chi connectivity index (χ2v) is 6.79. The number of anilines is 2. The summed E-state index contributed by atoms with van der Waals surface area (Å²) in [5, 5.41) is 20.9. The Morgan fingerprint density at radius 2 is 1.96 bits per heavy atom. The Hall–Kier alpha value is -2.74. The summed E-state index contributed by atoms with van der Waals surface area (Å²) in [6.45, 7) is 2.55. The van der Waals surface area contributed by atoms with Gasteiger partial charge in [-0.25, -0.2) is 4.98 Å². The second kappa shape index (κ2) is 8.10. The van der Waals surface area contributed by atoms with E-state index in [4.69, 9.17) is 10.1 Å². The van der Waals surface area contributed by atoms with Gasteiger partial charge in [-0.15, -0.1) is 0 Å². The molecule has 0 bridgehead atoms. The van der Waals surface area contributed by atoms with Gasteiger partial charge >= 0.3 is 6.11 Å². The van der Waals surface area contributed by atoms with Crippen LogP contribution < -0.4 is 14.8 Å². The number of hydrogen-bond acceptors (Lipinski definition) is 6. The summed E-state index contributed by atoms with van der Waals surface area (Å²) in [6, 6.07) is 7.76. The van der Waals surface area contributed by atoms with Gasteiger partial charge in [0.05, 0.1) is 11.7 Å². The molecule has 1 heterocycles. The summed E-state index contributed by atoms with van der Waals surface area (Å²) in [4.78, 5) is 4.32. The summed E-state index contributed by atoms with van der Waals surface area (Å²) in [5.74, 6) is 1.03. The van der Waals surface area contributed by atoms with Crippen LogP contribution in [-0.4, -0.2) is 34.1 Å². The summed E-state index contributed by atoms with van der Waals surface area (Å²) < 4.78 is 36.4. The molecule has 28 heavy (non-hydrogen) atoms. The lowest BCUT2D eigenvalue weighted by molar-refractivity contribution is -0.158. The smallest absolute Gasteiger partial charge is 0.394 e. The second-order valence-electron chi connectivity index (χ2n) is 6.79.